The summed E-state index contributed by atoms with van der Waals surface area (Å²) in [5.74, 6) is 1.93. The molecular weight excluding hydrogens is 304 g/mol. The summed E-state index contributed by atoms with van der Waals surface area (Å²) < 4.78 is 13.5. The lowest BCUT2D eigenvalue weighted by Gasteiger charge is -2.27. The van der Waals surface area contributed by atoms with Gasteiger partial charge in [0.05, 0.1) is 6.54 Å². The molecular formula is C19H24N2O3. The van der Waals surface area contributed by atoms with Crippen molar-refractivity contribution in [3.63, 3.8) is 0 Å². The van der Waals surface area contributed by atoms with Gasteiger partial charge in [0, 0.05) is 12.4 Å². The van der Waals surface area contributed by atoms with Crippen LogP contribution in [0.3, 0.4) is 0 Å². The monoisotopic (exact) mass is 328 g/mol. The largest absolute Gasteiger partial charge is 0.486 e. The number of nitrogens with zero attached hydrogens (tertiary/aromatic N) is 1. The van der Waals surface area contributed by atoms with Crippen molar-refractivity contribution in [2.24, 2.45) is 5.92 Å². The molecule has 0 saturated carbocycles. The van der Waals surface area contributed by atoms with Crippen LogP contribution < -0.4 is 14.8 Å². The number of carbonyl (C=O) groups excluding carboxylic acids is 1. The minimum absolute atomic E-state index is 0.0161. The second kappa shape index (κ2) is 7.43. The van der Waals surface area contributed by atoms with E-state index in [1.54, 1.807) is 0 Å². The van der Waals surface area contributed by atoms with Crippen LogP contribution in [0.15, 0.2) is 48.8 Å². The molecule has 24 heavy (non-hydrogen) atoms. The number of ether oxygens (including phenoxy) is 2. The van der Waals surface area contributed by atoms with E-state index in [2.05, 4.69) is 19.2 Å². The Balaban J connectivity index is 1.58. The summed E-state index contributed by atoms with van der Waals surface area (Å²) >= 11 is 0. The zero-order valence-corrected chi connectivity index (χ0v) is 14.1. The fourth-order valence-electron chi connectivity index (χ4n) is 2.86. The van der Waals surface area contributed by atoms with Crippen LogP contribution in [0.2, 0.25) is 0 Å². The number of rotatable bonds is 6. The molecule has 1 aromatic carbocycles. The second-order valence-corrected chi connectivity index (χ2v) is 6.52. The molecule has 1 aliphatic rings. The summed E-state index contributed by atoms with van der Waals surface area (Å²) in [6.45, 7) is 5.12. The number of nitrogens with one attached hydrogen (secondary N) is 1. The molecule has 0 unspecified atom stereocenters. The molecule has 1 aromatic heterocycles. The zero-order chi connectivity index (χ0) is 16.9. The lowest BCUT2D eigenvalue weighted by Crippen LogP contribution is -2.43. The highest BCUT2D eigenvalue weighted by atomic mass is 16.6. The smallest absolute Gasteiger partial charge is 0.243 e. The quantitative estimate of drug-likeness (QED) is 0.887. The summed E-state index contributed by atoms with van der Waals surface area (Å²) in [6, 6.07) is 11.3. The van der Waals surface area contributed by atoms with E-state index in [1.165, 1.54) is 0 Å². The molecule has 128 valence electrons. The fourth-order valence-corrected chi connectivity index (χ4v) is 2.86. The molecule has 2 atom stereocenters. The fraction of sp³-hybridized carbons (Fsp3) is 0.421. The molecule has 5 nitrogen and oxygen atoms in total. The van der Waals surface area contributed by atoms with Crippen molar-refractivity contribution < 1.29 is 14.3 Å². The van der Waals surface area contributed by atoms with Crippen molar-refractivity contribution in [3.05, 3.63) is 48.8 Å². The van der Waals surface area contributed by atoms with Gasteiger partial charge >= 0.3 is 0 Å². The zero-order valence-electron chi connectivity index (χ0n) is 14.1. The van der Waals surface area contributed by atoms with Crippen molar-refractivity contribution >= 4 is 5.91 Å². The average molecular weight is 328 g/mol. The molecule has 3 rings (SSSR count). The lowest BCUT2D eigenvalue weighted by atomic mass is 10.0. The van der Waals surface area contributed by atoms with Crippen molar-refractivity contribution in [3.8, 4) is 11.5 Å². The first-order valence-corrected chi connectivity index (χ1v) is 8.42. The minimum atomic E-state index is -0.197. The van der Waals surface area contributed by atoms with E-state index in [4.69, 9.17) is 9.47 Å². The van der Waals surface area contributed by atoms with Gasteiger partial charge in [0.15, 0.2) is 11.5 Å². The summed E-state index contributed by atoms with van der Waals surface area (Å²) in [4.78, 5) is 12.6. The number of benzene rings is 1. The number of hydrogen-bond acceptors (Lipinski definition) is 3. The van der Waals surface area contributed by atoms with Crippen LogP contribution in [0.1, 0.15) is 26.3 Å². The third-order valence-corrected chi connectivity index (χ3v) is 4.06. The molecule has 0 aliphatic carbocycles. The average Bonchev–Trinajstić information content (AvgIpc) is 3.11. The van der Waals surface area contributed by atoms with Crippen molar-refractivity contribution in [2.45, 2.75) is 32.4 Å². The molecule has 1 amide bonds. The number of amides is 1. The first kappa shape index (κ1) is 16.4. The minimum Gasteiger partial charge on any atom is -0.486 e. The molecule has 1 aliphatic heterocycles. The standard InChI is InChI=1S/C19H24N2O3/c1-14(2)11-16(21-9-5-6-10-21)19(22)20-12-15-13-23-17-7-3-4-8-18(17)24-15/h3-10,14-16H,11-13H2,1-2H3,(H,20,22)/t15-,16+/m1/s1. The summed E-state index contributed by atoms with van der Waals surface area (Å²) in [7, 11) is 0. The number of fused-ring (bicyclic) bond motifs is 1. The van der Waals surface area contributed by atoms with Crippen molar-refractivity contribution in [1.82, 2.24) is 9.88 Å². The van der Waals surface area contributed by atoms with E-state index in [1.807, 2.05) is 53.4 Å². The van der Waals surface area contributed by atoms with Gasteiger partial charge < -0.3 is 19.4 Å². The van der Waals surface area contributed by atoms with E-state index in [9.17, 15) is 4.79 Å². The van der Waals surface area contributed by atoms with Gasteiger partial charge in [0.25, 0.3) is 0 Å². The van der Waals surface area contributed by atoms with Gasteiger partial charge in [-0.3, -0.25) is 4.79 Å². The van der Waals surface area contributed by atoms with Crippen LogP contribution in [0.4, 0.5) is 0 Å². The van der Waals surface area contributed by atoms with Gasteiger partial charge in [0.1, 0.15) is 18.8 Å². The second-order valence-electron chi connectivity index (χ2n) is 6.52. The van der Waals surface area contributed by atoms with E-state index in [-0.39, 0.29) is 18.1 Å². The summed E-state index contributed by atoms with van der Waals surface area (Å²) in [6.07, 6.45) is 4.49. The van der Waals surface area contributed by atoms with Gasteiger partial charge in [-0.15, -0.1) is 0 Å². The molecule has 2 aromatic rings. The van der Waals surface area contributed by atoms with Crippen LogP contribution in [0.25, 0.3) is 0 Å². The Kier molecular flexibility index (Phi) is 5.08. The van der Waals surface area contributed by atoms with Gasteiger partial charge in [-0.2, -0.15) is 0 Å². The Hall–Kier alpha value is -2.43. The molecule has 0 spiro atoms. The molecule has 2 heterocycles. The Morgan fingerprint density at radius 3 is 2.62 bits per heavy atom. The maximum atomic E-state index is 12.6. The normalized spacial score (nSPS) is 17.5. The number of carbonyl (C=O) groups is 1. The van der Waals surface area contributed by atoms with E-state index in [0.717, 1.165) is 17.9 Å². The molecule has 0 bridgehead atoms. The van der Waals surface area contributed by atoms with Gasteiger partial charge in [-0.05, 0) is 36.6 Å². The number of hydrogen-bond donors (Lipinski definition) is 1. The topological polar surface area (TPSA) is 52.5 Å². The Labute approximate surface area is 142 Å². The van der Waals surface area contributed by atoms with Gasteiger partial charge in [-0.1, -0.05) is 26.0 Å². The third-order valence-electron chi connectivity index (χ3n) is 4.06. The highest BCUT2D eigenvalue weighted by Gasteiger charge is 2.24. The highest BCUT2D eigenvalue weighted by Crippen LogP contribution is 2.30. The van der Waals surface area contributed by atoms with Crippen LogP contribution in [-0.4, -0.2) is 29.7 Å². The van der Waals surface area contributed by atoms with E-state index in [0.29, 0.717) is 19.1 Å². The van der Waals surface area contributed by atoms with Crippen LogP contribution in [0.5, 0.6) is 11.5 Å². The van der Waals surface area contributed by atoms with Crippen molar-refractivity contribution in [2.75, 3.05) is 13.2 Å². The first-order chi connectivity index (χ1) is 11.6. The van der Waals surface area contributed by atoms with Crippen molar-refractivity contribution in [1.29, 1.82) is 0 Å². The van der Waals surface area contributed by atoms with E-state index < -0.39 is 0 Å². The van der Waals surface area contributed by atoms with Crippen LogP contribution in [-0.2, 0) is 4.79 Å². The predicted octanol–water partition coefficient (Wildman–Crippen LogP) is 3.03. The molecule has 1 N–H and O–H groups in total. The number of para-hydroxylation sites is 2. The van der Waals surface area contributed by atoms with Crippen LogP contribution in [0, 0.1) is 5.92 Å². The molecule has 0 radical (unpaired) electrons. The van der Waals surface area contributed by atoms with Crippen LogP contribution >= 0.6 is 0 Å². The number of aromatic nitrogens is 1. The van der Waals surface area contributed by atoms with Gasteiger partial charge in [-0.25, -0.2) is 0 Å². The first-order valence-electron chi connectivity index (χ1n) is 8.42. The molecule has 0 saturated heterocycles. The summed E-state index contributed by atoms with van der Waals surface area (Å²) in [5, 5.41) is 3.01. The molecule has 0 fully saturated rings. The lowest BCUT2D eigenvalue weighted by molar-refractivity contribution is -0.125. The Morgan fingerprint density at radius 2 is 1.92 bits per heavy atom. The maximum Gasteiger partial charge on any atom is 0.243 e. The third kappa shape index (κ3) is 3.91. The van der Waals surface area contributed by atoms with Gasteiger partial charge in [0.2, 0.25) is 5.91 Å². The maximum absolute atomic E-state index is 12.6. The highest BCUT2D eigenvalue weighted by molar-refractivity contribution is 5.80. The molecule has 5 heteroatoms. The SMILES string of the molecule is CC(C)C[C@@H](C(=O)NC[C@@H]1COc2ccccc2O1)n1cccc1. The predicted molar refractivity (Wildman–Crippen MR) is 92.3 cm³/mol. The Bertz CT molecular complexity index is 667. The Morgan fingerprint density at radius 1 is 1.21 bits per heavy atom. The summed E-state index contributed by atoms with van der Waals surface area (Å²) in [5.41, 5.74) is 0. The van der Waals surface area contributed by atoms with E-state index >= 15 is 0 Å².